The molecular formula is C15H14N4. The third kappa shape index (κ3) is 2.18. The van der Waals surface area contributed by atoms with Crippen LogP contribution in [0.3, 0.4) is 0 Å². The number of fused-ring (bicyclic) bond motifs is 1. The van der Waals surface area contributed by atoms with Crippen molar-refractivity contribution >= 4 is 10.9 Å². The molecule has 0 amide bonds. The van der Waals surface area contributed by atoms with Crippen LogP contribution in [0.25, 0.3) is 22.2 Å². The predicted octanol–water partition coefficient (Wildman–Crippen LogP) is 2.71. The Labute approximate surface area is 111 Å². The van der Waals surface area contributed by atoms with Crippen LogP contribution in [-0.4, -0.2) is 15.0 Å². The second-order valence-electron chi connectivity index (χ2n) is 4.49. The second kappa shape index (κ2) is 4.74. The molecule has 3 aromatic rings. The fraction of sp³-hybridized carbons (Fsp3) is 0.133. The first-order valence-corrected chi connectivity index (χ1v) is 6.17. The van der Waals surface area contributed by atoms with Gasteiger partial charge in [0.1, 0.15) is 0 Å². The largest absolute Gasteiger partial charge is 0.323 e. The van der Waals surface area contributed by atoms with Crippen LogP contribution in [0.15, 0.2) is 48.9 Å². The normalized spacial score (nSPS) is 12.5. The van der Waals surface area contributed by atoms with Crippen LogP contribution in [-0.2, 0) is 0 Å². The molecule has 0 bridgehead atoms. The average molecular weight is 250 g/mol. The van der Waals surface area contributed by atoms with Crippen molar-refractivity contribution in [2.75, 3.05) is 0 Å². The van der Waals surface area contributed by atoms with Crippen molar-refractivity contribution in [2.24, 2.45) is 5.73 Å². The van der Waals surface area contributed by atoms with Crippen LogP contribution in [0.2, 0.25) is 0 Å². The lowest BCUT2D eigenvalue weighted by Crippen LogP contribution is -2.09. The molecule has 94 valence electrons. The van der Waals surface area contributed by atoms with Gasteiger partial charge < -0.3 is 5.73 Å². The summed E-state index contributed by atoms with van der Waals surface area (Å²) in [7, 11) is 0. The smallest absolute Gasteiger partial charge is 0.0737 e. The van der Waals surface area contributed by atoms with E-state index in [0.29, 0.717) is 0 Å². The molecule has 4 heteroatoms. The Morgan fingerprint density at radius 2 is 2.05 bits per heavy atom. The van der Waals surface area contributed by atoms with Crippen molar-refractivity contribution in [2.45, 2.75) is 13.0 Å². The maximum atomic E-state index is 6.04. The molecule has 0 fully saturated rings. The van der Waals surface area contributed by atoms with Gasteiger partial charge in [0.2, 0.25) is 0 Å². The highest BCUT2D eigenvalue weighted by Gasteiger charge is 2.13. The molecule has 1 atom stereocenters. The maximum absolute atomic E-state index is 6.04. The summed E-state index contributed by atoms with van der Waals surface area (Å²) < 4.78 is 0. The molecule has 0 aliphatic rings. The van der Waals surface area contributed by atoms with Gasteiger partial charge in [0.15, 0.2) is 0 Å². The summed E-state index contributed by atoms with van der Waals surface area (Å²) in [6.45, 7) is 1.93. The van der Waals surface area contributed by atoms with Crippen molar-refractivity contribution in [3.8, 4) is 11.3 Å². The topological polar surface area (TPSA) is 64.7 Å². The summed E-state index contributed by atoms with van der Waals surface area (Å²) in [6.07, 6.45) is 5.31. The van der Waals surface area contributed by atoms with Gasteiger partial charge >= 0.3 is 0 Å². The van der Waals surface area contributed by atoms with Gasteiger partial charge in [0.05, 0.1) is 16.9 Å². The zero-order valence-corrected chi connectivity index (χ0v) is 10.6. The average Bonchev–Trinajstić information content (AvgIpc) is 2.46. The molecule has 19 heavy (non-hydrogen) atoms. The molecule has 0 radical (unpaired) electrons. The van der Waals surface area contributed by atoms with E-state index in [9.17, 15) is 0 Å². The minimum Gasteiger partial charge on any atom is -0.323 e. The molecule has 0 unspecified atom stereocenters. The van der Waals surface area contributed by atoms with Crippen molar-refractivity contribution < 1.29 is 0 Å². The van der Waals surface area contributed by atoms with E-state index >= 15 is 0 Å². The number of pyridine rings is 3. The first kappa shape index (κ1) is 11.7. The van der Waals surface area contributed by atoms with Crippen molar-refractivity contribution in [1.82, 2.24) is 15.0 Å². The molecular weight excluding hydrogens is 236 g/mol. The summed E-state index contributed by atoms with van der Waals surface area (Å²) in [5.41, 5.74) is 9.65. The first-order valence-electron chi connectivity index (χ1n) is 6.17. The molecule has 0 saturated heterocycles. The third-order valence-electron chi connectivity index (χ3n) is 3.02. The maximum Gasteiger partial charge on any atom is 0.0737 e. The van der Waals surface area contributed by atoms with E-state index in [2.05, 4.69) is 21.0 Å². The minimum absolute atomic E-state index is 0.144. The third-order valence-corrected chi connectivity index (χ3v) is 3.02. The lowest BCUT2D eigenvalue weighted by atomic mass is 10.0. The van der Waals surface area contributed by atoms with Gasteiger partial charge in [0.25, 0.3) is 0 Å². The molecule has 0 aliphatic heterocycles. The monoisotopic (exact) mass is 250 g/mol. The summed E-state index contributed by atoms with van der Waals surface area (Å²) in [4.78, 5) is 13.2. The van der Waals surface area contributed by atoms with Crippen LogP contribution < -0.4 is 5.73 Å². The number of hydrogen-bond acceptors (Lipinski definition) is 4. The lowest BCUT2D eigenvalue weighted by Gasteiger charge is -2.12. The SMILES string of the molecule is C[C@@H](N)c1nc2ccncc2cc1-c1ccccn1. The van der Waals surface area contributed by atoms with Crippen molar-refractivity contribution in [1.29, 1.82) is 0 Å². The van der Waals surface area contributed by atoms with Crippen LogP contribution in [0, 0.1) is 0 Å². The summed E-state index contributed by atoms with van der Waals surface area (Å²) in [5.74, 6) is 0. The molecule has 2 N–H and O–H groups in total. The number of nitrogens with two attached hydrogens (primary N) is 1. The Morgan fingerprint density at radius 1 is 1.16 bits per heavy atom. The van der Waals surface area contributed by atoms with E-state index in [4.69, 9.17) is 5.73 Å². The molecule has 3 heterocycles. The lowest BCUT2D eigenvalue weighted by molar-refractivity contribution is 0.788. The van der Waals surface area contributed by atoms with Crippen molar-refractivity contribution in [3.05, 3.63) is 54.6 Å². The standard InChI is InChI=1S/C15H14N4/c1-10(16)15-12(14-4-2-3-6-18-14)8-11-9-17-7-5-13(11)19-15/h2-10H,16H2,1H3/t10-/m1/s1. The Bertz CT molecular complexity index is 708. The fourth-order valence-electron chi connectivity index (χ4n) is 2.11. The van der Waals surface area contributed by atoms with Gasteiger partial charge in [-0.25, -0.2) is 0 Å². The fourth-order valence-corrected chi connectivity index (χ4v) is 2.11. The second-order valence-corrected chi connectivity index (χ2v) is 4.49. The minimum atomic E-state index is -0.144. The summed E-state index contributed by atoms with van der Waals surface area (Å²) in [5, 5.41) is 0.993. The summed E-state index contributed by atoms with van der Waals surface area (Å²) in [6, 6.07) is 9.62. The number of rotatable bonds is 2. The molecule has 0 spiro atoms. The van der Waals surface area contributed by atoms with Gasteiger partial charge in [-0.15, -0.1) is 0 Å². The Balaban J connectivity index is 2.30. The van der Waals surface area contributed by atoms with E-state index in [1.165, 1.54) is 0 Å². The highest BCUT2D eigenvalue weighted by atomic mass is 14.8. The van der Waals surface area contributed by atoms with Crippen LogP contribution in [0.4, 0.5) is 0 Å². The van der Waals surface area contributed by atoms with Crippen molar-refractivity contribution in [3.63, 3.8) is 0 Å². The van der Waals surface area contributed by atoms with E-state index < -0.39 is 0 Å². The van der Waals surface area contributed by atoms with E-state index in [0.717, 1.165) is 27.9 Å². The first-order chi connectivity index (χ1) is 9.25. The predicted molar refractivity (Wildman–Crippen MR) is 75.4 cm³/mol. The summed E-state index contributed by atoms with van der Waals surface area (Å²) >= 11 is 0. The Kier molecular flexibility index (Phi) is 2.93. The van der Waals surface area contributed by atoms with Gasteiger partial charge in [-0.3, -0.25) is 15.0 Å². The number of aromatic nitrogens is 3. The van der Waals surface area contributed by atoms with Crippen LogP contribution in [0.5, 0.6) is 0 Å². The number of nitrogens with zero attached hydrogens (tertiary/aromatic N) is 3. The zero-order chi connectivity index (χ0) is 13.2. The Hall–Kier alpha value is -2.33. The number of hydrogen-bond donors (Lipinski definition) is 1. The molecule has 0 aromatic carbocycles. The molecule has 0 saturated carbocycles. The van der Waals surface area contributed by atoms with Crippen LogP contribution in [0.1, 0.15) is 18.7 Å². The van der Waals surface area contributed by atoms with Gasteiger partial charge in [-0.1, -0.05) is 6.07 Å². The highest BCUT2D eigenvalue weighted by molar-refractivity contribution is 5.83. The van der Waals surface area contributed by atoms with E-state index in [1.807, 2.05) is 31.2 Å². The van der Waals surface area contributed by atoms with Gasteiger partial charge in [-0.2, -0.15) is 0 Å². The van der Waals surface area contributed by atoms with E-state index in [-0.39, 0.29) is 6.04 Å². The zero-order valence-electron chi connectivity index (χ0n) is 10.6. The van der Waals surface area contributed by atoms with E-state index in [1.54, 1.807) is 18.6 Å². The highest BCUT2D eigenvalue weighted by Crippen LogP contribution is 2.27. The molecule has 3 aromatic heterocycles. The molecule has 4 nitrogen and oxygen atoms in total. The van der Waals surface area contributed by atoms with Gasteiger partial charge in [-0.05, 0) is 31.2 Å². The van der Waals surface area contributed by atoms with Gasteiger partial charge in [0, 0.05) is 35.6 Å². The Morgan fingerprint density at radius 3 is 2.79 bits per heavy atom. The molecule has 0 aliphatic carbocycles. The molecule has 3 rings (SSSR count). The quantitative estimate of drug-likeness (QED) is 0.759. The van der Waals surface area contributed by atoms with Crippen LogP contribution >= 0.6 is 0 Å².